The second-order valence-electron chi connectivity index (χ2n) is 4.77. The summed E-state index contributed by atoms with van der Waals surface area (Å²) in [5.74, 6) is 1.44. The predicted molar refractivity (Wildman–Crippen MR) is 76.4 cm³/mol. The van der Waals surface area contributed by atoms with Crippen LogP contribution >= 0.6 is 11.8 Å². The van der Waals surface area contributed by atoms with Crippen LogP contribution in [0.3, 0.4) is 0 Å². The fraction of sp³-hybridized carbons (Fsp3) is 0.385. The molecule has 0 aromatic heterocycles. The van der Waals surface area contributed by atoms with Gasteiger partial charge in [-0.25, -0.2) is 0 Å². The standard InChI is InChI=1S/C13H15N3O2S/c1-7-9-4-8(2-3-10(9)16-12(7)17)15-13(18)11-5-19-6-14-11/h2-4,7,11,14H,5-6H2,1H3,(H,15,18)(H,16,17). The Balaban J connectivity index is 1.76. The van der Waals surface area contributed by atoms with E-state index in [1.165, 1.54) is 0 Å². The van der Waals surface area contributed by atoms with Gasteiger partial charge in [-0.1, -0.05) is 0 Å². The number of benzene rings is 1. The minimum Gasteiger partial charge on any atom is -0.325 e. The van der Waals surface area contributed by atoms with Crippen LogP contribution in [0.2, 0.25) is 0 Å². The Kier molecular flexibility index (Phi) is 3.20. The van der Waals surface area contributed by atoms with Crippen LogP contribution in [0.25, 0.3) is 0 Å². The molecule has 1 fully saturated rings. The molecule has 0 bridgehead atoms. The van der Waals surface area contributed by atoms with Gasteiger partial charge in [0.05, 0.1) is 12.0 Å². The second kappa shape index (κ2) is 4.86. The molecule has 2 aliphatic heterocycles. The summed E-state index contributed by atoms with van der Waals surface area (Å²) in [7, 11) is 0. The zero-order valence-corrected chi connectivity index (χ0v) is 11.3. The van der Waals surface area contributed by atoms with Crippen molar-refractivity contribution in [3.8, 4) is 0 Å². The van der Waals surface area contributed by atoms with Crippen molar-refractivity contribution < 1.29 is 9.59 Å². The first kappa shape index (κ1) is 12.5. The maximum Gasteiger partial charge on any atom is 0.242 e. The van der Waals surface area contributed by atoms with Gasteiger partial charge in [0.15, 0.2) is 0 Å². The summed E-state index contributed by atoms with van der Waals surface area (Å²) in [6.45, 7) is 1.86. The highest BCUT2D eigenvalue weighted by molar-refractivity contribution is 7.99. The van der Waals surface area contributed by atoms with Crippen molar-refractivity contribution in [2.75, 3.05) is 22.3 Å². The molecule has 3 N–H and O–H groups in total. The number of carbonyl (C=O) groups is 2. The molecule has 2 unspecified atom stereocenters. The molecule has 1 saturated heterocycles. The molecule has 0 spiro atoms. The van der Waals surface area contributed by atoms with Crippen LogP contribution in [0.1, 0.15) is 18.4 Å². The fourth-order valence-corrected chi connectivity index (χ4v) is 3.23. The number of fused-ring (bicyclic) bond motifs is 1. The van der Waals surface area contributed by atoms with E-state index in [1.807, 2.05) is 25.1 Å². The summed E-state index contributed by atoms with van der Waals surface area (Å²) in [5, 5.41) is 8.84. The van der Waals surface area contributed by atoms with Crippen LogP contribution in [0.15, 0.2) is 18.2 Å². The molecule has 1 aromatic rings. The minimum atomic E-state index is -0.160. The Hall–Kier alpha value is -1.53. The Morgan fingerprint density at radius 1 is 1.47 bits per heavy atom. The van der Waals surface area contributed by atoms with E-state index < -0.39 is 0 Å². The Labute approximate surface area is 115 Å². The molecule has 0 saturated carbocycles. The van der Waals surface area contributed by atoms with Crippen LogP contribution < -0.4 is 16.0 Å². The van der Waals surface area contributed by atoms with Crippen molar-refractivity contribution in [2.24, 2.45) is 0 Å². The highest BCUT2D eigenvalue weighted by Gasteiger charge is 2.27. The largest absolute Gasteiger partial charge is 0.325 e. The number of amides is 2. The summed E-state index contributed by atoms with van der Waals surface area (Å²) in [6, 6.07) is 5.40. The van der Waals surface area contributed by atoms with Gasteiger partial charge < -0.3 is 10.6 Å². The molecule has 100 valence electrons. The highest BCUT2D eigenvalue weighted by Crippen LogP contribution is 2.34. The average Bonchev–Trinajstić information content (AvgIpc) is 3.01. The van der Waals surface area contributed by atoms with Crippen molar-refractivity contribution >= 4 is 35.0 Å². The van der Waals surface area contributed by atoms with Crippen LogP contribution in [-0.2, 0) is 9.59 Å². The van der Waals surface area contributed by atoms with E-state index in [4.69, 9.17) is 0 Å². The molecule has 0 radical (unpaired) electrons. The van der Waals surface area contributed by atoms with Gasteiger partial charge in [-0.3, -0.25) is 14.9 Å². The van der Waals surface area contributed by atoms with Gasteiger partial charge in [0.1, 0.15) is 0 Å². The summed E-state index contributed by atoms with van der Waals surface area (Å²) in [6.07, 6.45) is 0. The number of hydrogen-bond acceptors (Lipinski definition) is 4. The van der Waals surface area contributed by atoms with Crippen molar-refractivity contribution in [1.82, 2.24) is 5.32 Å². The van der Waals surface area contributed by atoms with Gasteiger partial charge in [0.25, 0.3) is 0 Å². The summed E-state index contributed by atoms with van der Waals surface area (Å²) < 4.78 is 0. The zero-order valence-electron chi connectivity index (χ0n) is 10.5. The zero-order chi connectivity index (χ0) is 13.4. The van der Waals surface area contributed by atoms with E-state index >= 15 is 0 Å². The van der Waals surface area contributed by atoms with E-state index in [-0.39, 0.29) is 23.8 Å². The number of carbonyl (C=O) groups excluding carboxylic acids is 2. The van der Waals surface area contributed by atoms with Gasteiger partial charge >= 0.3 is 0 Å². The molecule has 19 heavy (non-hydrogen) atoms. The molecule has 0 aliphatic carbocycles. The lowest BCUT2D eigenvalue weighted by Crippen LogP contribution is -2.37. The summed E-state index contributed by atoms with van der Waals surface area (Å²) in [5.41, 5.74) is 2.52. The van der Waals surface area contributed by atoms with Gasteiger partial charge in [-0.15, -0.1) is 11.8 Å². The first-order valence-corrected chi connectivity index (χ1v) is 7.37. The third-order valence-corrected chi connectivity index (χ3v) is 4.41. The van der Waals surface area contributed by atoms with Crippen LogP contribution in [0, 0.1) is 0 Å². The Bertz CT molecular complexity index is 541. The molecular weight excluding hydrogens is 262 g/mol. The van der Waals surface area contributed by atoms with Gasteiger partial charge in [-0.05, 0) is 30.7 Å². The second-order valence-corrected chi connectivity index (χ2v) is 5.80. The molecule has 6 heteroatoms. The van der Waals surface area contributed by atoms with Crippen molar-refractivity contribution in [2.45, 2.75) is 18.9 Å². The first-order valence-electron chi connectivity index (χ1n) is 6.22. The molecule has 5 nitrogen and oxygen atoms in total. The molecule has 2 heterocycles. The maximum absolute atomic E-state index is 12.0. The fourth-order valence-electron chi connectivity index (χ4n) is 2.29. The lowest BCUT2D eigenvalue weighted by atomic mass is 10.0. The van der Waals surface area contributed by atoms with Gasteiger partial charge in [0.2, 0.25) is 11.8 Å². The maximum atomic E-state index is 12.0. The smallest absolute Gasteiger partial charge is 0.242 e. The predicted octanol–water partition coefficient (Wildman–Crippen LogP) is 1.34. The van der Waals surface area contributed by atoms with Crippen LogP contribution in [-0.4, -0.2) is 29.5 Å². The molecule has 2 amide bonds. The number of anilines is 2. The third kappa shape index (κ3) is 2.33. The van der Waals surface area contributed by atoms with E-state index in [0.29, 0.717) is 0 Å². The summed E-state index contributed by atoms with van der Waals surface area (Å²) >= 11 is 1.72. The summed E-state index contributed by atoms with van der Waals surface area (Å²) in [4.78, 5) is 23.6. The number of nitrogens with one attached hydrogen (secondary N) is 3. The number of hydrogen-bond donors (Lipinski definition) is 3. The highest BCUT2D eigenvalue weighted by atomic mass is 32.2. The van der Waals surface area contributed by atoms with E-state index in [1.54, 1.807) is 11.8 Å². The molecule has 2 aliphatic rings. The number of rotatable bonds is 2. The van der Waals surface area contributed by atoms with Crippen LogP contribution in [0.5, 0.6) is 0 Å². The molecule has 3 rings (SSSR count). The normalized spacial score (nSPS) is 25.0. The van der Waals surface area contributed by atoms with Gasteiger partial charge in [0, 0.05) is 23.0 Å². The topological polar surface area (TPSA) is 70.2 Å². The third-order valence-electron chi connectivity index (χ3n) is 3.47. The van der Waals surface area contributed by atoms with Crippen molar-refractivity contribution in [3.05, 3.63) is 23.8 Å². The quantitative estimate of drug-likeness (QED) is 0.763. The SMILES string of the molecule is CC1C(=O)Nc2ccc(NC(=O)C3CSCN3)cc21. The lowest BCUT2D eigenvalue weighted by Gasteiger charge is -2.11. The van der Waals surface area contributed by atoms with Crippen LogP contribution in [0.4, 0.5) is 11.4 Å². The van der Waals surface area contributed by atoms with Gasteiger partial charge in [-0.2, -0.15) is 0 Å². The Morgan fingerprint density at radius 3 is 3.05 bits per heavy atom. The monoisotopic (exact) mass is 277 g/mol. The van der Waals surface area contributed by atoms with E-state index in [0.717, 1.165) is 28.6 Å². The Morgan fingerprint density at radius 2 is 2.32 bits per heavy atom. The van der Waals surface area contributed by atoms with E-state index in [9.17, 15) is 9.59 Å². The van der Waals surface area contributed by atoms with Crippen molar-refractivity contribution in [1.29, 1.82) is 0 Å². The molecular formula is C13H15N3O2S. The number of thioether (sulfide) groups is 1. The molecule has 1 aromatic carbocycles. The van der Waals surface area contributed by atoms with E-state index in [2.05, 4.69) is 16.0 Å². The first-order chi connectivity index (χ1) is 9.15. The lowest BCUT2D eigenvalue weighted by molar-refractivity contribution is -0.117. The minimum absolute atomic E-state index is 0.00679. The molecule has 2 atom stereocenters. The van der Waals surface area contributed by atoms with Crippen molar-refractivity contribution in [3.63, 3.8) is 0 Å². The average molecular weight is 277 g/mol.